The summed E-state index contributed by atoms with van der Waals surface area (Å²) < 4.78 is 11.9. The van der Waals surface area contributed by atoms with Gasteiger partial charge in [0.25, 0.3) is 0 Å². The number of amides is 1. The molecule has 3 aromatic carbocycles. The number of aromatic hydroxyl groups is 1. The van der Waals surface area contributed by atoms with Crippen molar-refractivity contribution in [3.05, 3.63) is 82.9 Å². The normalized spacial score (nSPS) is 15.2. The summed E-state index contributed by atoms with van der Waals surface area (Å²) in [5.74, 6) is 1.03. The molecule has 1 aromatic heterocycles. The number of likely N-dealkylation sites (tertiary alicyclic amines) is 1. The van der Waals surface area contributed by atoms with Crippen molar-refractivity contribution in [2.75, 3.05) is 26.3 Å². The summed E-state index contributed by atoms with van der Waals surface area (Å²) in [5.41, 5.74) is 6.44. The van der Waals surface area contributed by atoms with E-state index in [9.17, 15) is 9.90 Å². The maximum atomic E-state index is 11.2. The van der Waals surface area contributed by atoms with Crippen LogP contribution in [0.1, 0.15) is 35.1 Å². The third kappa shape index (κ3) is 8.70. The largest absolute Gasteiger partial charge is 0.508 e. The fourth-order valence-corrected chi connectivity index (χ4v) is 6.65. The monoisotopic (exact) mass is 626 g/mol. The molecule has 0 aliphatic carbocycles. The molecule has 2 fully saturated rings. The first kappa shape index (κ1) is 37.9. The van der Waals surface area contributed by atoms with Crippen molar-refractivity contribution in [3.63, 3.8) is 0 Å². The molecule has 3 heterocycles. The third-order valence-corrected chi connectivity index (χ3v) is 8.71. The summed E-state index contributed by atoms with van der Waals surface area (Å²) in [4.78, 5) is 15.0. The Balaban J connectivity index is 0.00000158. The van der Waals surface area contributed by atoms with E-state index in [2.05, 4.69) is 60.3 Å². The van der Waals surface area contributed by atoms with Gasteiger partial charge < -0.3 is 41.8 Å². The summed E-state index contributed by atoms with van der Waals surface area (Å²) in [7, 11) is 0. The van der Waals surface area contributed by atoms with Gasteiger partial charge in [-0.1, -0.05) is 18.2 Å². The number of terminal acetylenes is 1. The number of benzene rings is 3. The highest BCUT2D eigenvalue weighted by atomic mass is 32.1. The van der Waals surface area contributed by atoms with Gasteiger partial charge in [0.15, 0.2) is 0 Å². The molecule has 1 atom stereocenters. The summed E-state index contributed by atoms with van der Waals surface area (Å²) >= 11 is 1.71. The van der Waals surface area contributed by atoms with Crippen molar-refractivity contribution in [2.24, 2.45) is 0 Å². The van der Waals surface area contributed by atoms with E-state index < -0.39 is 6.09 Å². The SMILES string of the molecule is C#C.Cc1cc(Cc2c(-c3ccc(OCC4COC(=O)N4)cc3)sc3cc(O)ccc23)ccc1CN1CCCC1.O.O.O.O. The second-order valence-corrected chi connectivity index (χ2v) is 11.3. The molecule has 0 spiro atoms. The summed E-state index contributed by atoms with van der Waals surface area (Å²) in [6, 6.07) is 20.5. The lowest BCUT2D eigenvalue weighted by molar-refractivity contribution is 0.174. The number of nitrogens with one attached hydrogen (secondary N) is 1. The lowest BCUT2D eigenvalue weighted by atomic mass is 9.96. The number of alkyl carbamates (subject to hydrolysis) is 1. The van der Waals surface area contributed by atoms with Gasteiger partial charge in [-0.15, -0.1) is 24.2 Å². The number of aryl methyl sites for hydroxylation is 1. The maximum Gasteiger partial charge on any atom is 0.407 e. The van der Waals surface area contributed by atoms with Crippen LogP contribution in [-0.4, -0.2) is 70.3 Å². The Bertz CT molecular complexity index is 1510. The van der Waals surface area contributed by atoms with Gasteiger partial charge in [-0.2, -0.15) is 0 Å². The van der Waals surface area contributed by atoms with Crippen molar-refractivity contribution in [3.8, 4) is 34.8 Å². The number of cyclic esters (lactones) is 1. The highest BCUT2D eigenvalue weighted by Crippen LogP contribution is 2.41. The van der Waals surface area contributed by atoms with Gasteiger partial charge in [-0.25, -0.2) is 4.79 Å². The first-order chi connectivity index (χ1) is 19.5. The van der Waals surface area contributed by atoms with Gasteiger partial charge in [0.05, 0.1) is 0 Å². The van der Waals surface area contributed by atoms with Gasteiger partial charge in [-0.05, 0) is 115 Å². The van der Waals surface area contributed by atoms with Crippen LogP contribution in [0.2, 0.25) is 0 Å². The minimum atomic E-state index is -0.395. The molecule has 44 heavy (non-hydrogen) atoms. The van der Waals surface area contributed by atoms with Crippen molar-refractivity contribution < 1.29 is 41.3 Å². The van der Waals surface area contributed by atoms with Crippen molar-refractivity contribution in [2.45, 2.75) is 38.8 Å². The first-order valence-electron chi connectivity index (χ1n) is 13.6. The fraction of sp³-hybridized carbons (Fsp3) is 0.303. The van der Waals surface area contributed by atoms with E-state index in [4.69, 9.17) is 9.47 Å². The topological polar surface area (TPSA) is 197 Å². The van der Waals surface area contributed by atoms with Crippen LogP contribution in [-0.2, 0) is 17.7 Å². The molecule has 0 bridgehead atoms. The lowest BCUT2D eigenvalue weighted by Crippen LogP contribution is -2.32. The Morgan fingerprint density at radius 3 is 2.34 bits per heavy atom. The number of hydrogen-bond acceptors (Lipinski definition) is 6. The van der Waals surface area contributed by atoms with Crippen LogP contribution >= 0.6 is 11.3 Å². The zero-order valence-corrected chi connectivity index (χ0v) is 25.5. The Kier molecular flexibility index (Phi) is 14.8. The number of nitrogens with zero attached hydrogens (tertiary/aromatic N) is 1. The molecular formula is C33H42N2O8S. The van der Waals surface area contributed by atoms with Crippen LogP contribution in [0.5, 0.6) is 11.5 Å². The minimum absolute atomic E-state index is 0. The fourth-order valence-electron chi connectivity index (χ4n) is 5.39. The van der Waals surface area contributed by atoms with E-state index in [0.717, 1.165) is 29.0 Å². The number of phenolic OH excluding ortho intramolecular Hbond substituents is 1. The predicted molar refractivity (Wildman–Crippen MR) is 176 cm³/mol. The number of fused-ring (bicyclic) bond motifs is 1. The molecule has 2 aliphatic heterocycles. The highest BCUT2D eigenvalue weighted by Gasteiger charge is 2.23. The quantitative estimate of drug-likeness (QED) is 0.283. The van der Waals surface area contributed by atoms with Crippen molar-refractivity contribution in [1.29, 1.82) is 0 Å². The number of carbonyl (C=O) groups excluding carboxylic acids is 1. The molecule has 2 saturated heterocycles. The second kappa shape index (κ2) is 17.2. The number of thiophene rings is 1. The van der Waals surface area contributed by atoms with Gasteiger partial charge in [-0.3, -0.25) is 4.90 Å². The Labute approximate surface area is 261 Å². The van der Waals surface area contributed by atoms with Crippen LogP contribution in [0.15, 0.2) is 60.7 Å². The van der Waals surface area contributed by atoms with Gasteiger partial charge in [0.2, 0.25) is 0 Å². The maximum absolute atomic E-state index is 11.2. The molecule has 6 rings (SSSR count). The molecule has 10 nitrogen and oxygen atoms in total. The first-order valence-corrected chi connectivity index (χ1v) is 14.4. The van der Waals surface area contributed by atoms with E-state index in [-0.39, 0.29) is 33.7 Å². The van der Waals surface area contributed by atoms with E-state index >= 15 is 0 Å². The number of phenols is 1. The zero-order chi connectivity index (χ0) is 28.1. The van der Waals surface area contributed by atoms with Crippen LogP contribution in [0, 0.1) is 19.8 Å². The predicted octanol–water partition coefficient (Wildman–Crippen LogP) is 3.21. The van der Waals surface area contributed by atoms with Crippen molar-refractivity contribution >= 4 is 27.5 Å². The van der Waals surface area contributed by atoms with Crippen LogP contribution in [0.4, 0.5) is 4.79 Å². The molecule has 1 amide bonds. The van der Waals surface area contributed by atoms with Crippen LogP contribution < -0.4 is 10.1 Å². The van der Waals surface area contributed by atoms with E-state index in [1.165, 1.54) is 58.4 Å². The summed E-state index contributed by atoms with van der Waals surface area (Å²) in [6.07, 6.45) is 11.0. The smallest absolute Gasteiger partial charge is 0.407 e. The molecular weight excluding hydrogens is 584 g/mol. The third-order valence-electron chi connectivity index (χ3n) is 7.46. The number of carbonyl (C=O) groups is 1. The average molecular weight is 627 g/mol. The van der Waals surface area contributed by atoms with Gasteiger partial charge in [0, 0.05) is 16.1 Å². The van der Waals surface area contributed by atoms with Gasteiger partial charge in [0.1, 0.15) is 30.8 Å². The molecule has 0 saturated carbocycles. The second-order valence-electron chi connectivity index (χ2n) is 10.3. The van der Waals surface area contributed by atoms with Crippen LogP contribution in [0.25, 0.3) is 20.5 Å². The minimum Gasteiger partial charge on any atom is -0.508 e. The van der Waals surface area contributed by atoms with E-state index in [0.29, 0.717) is 13.2 Å². The summed E-state index contributed by atoms with van der Waals surface area (Å²) in [6.45, 7) is 6.36. The average Bonchev–Trinajstić information content (AvgIpc) is 3.71. The van der Waals surface area contributed by atoms with E-state index in [1.807, 2.05) is 24.3 Å². The van der Waals surface area contributed by atoms with Crippen molar-refractivity contribution in [1.82, 2.24) is 10.2 Å². The molecule has 0 radical (unpaired) electrons. The Hall–Kier alpha value is -4.15. The Morgan fingerprint density at radius 1 is 1.00 bits per heavy atom. The molecule has 238 valence electrons. The number of ether oxygens (including phenoxy) is 2. The molecule has 10 N–H and O–H groups in total. The number of rotatable bonds is 8. The van der Waals surface area contributed by atoms with E-state index in [1.54, 1.807) is 17.4 Å². The number of hydrogen-bond donors (Lipinski definition) is 2. The molecule has 4 aromatic rings. The Morgan fingerprint density at radius 2 is 1.70 bits per heavy atom. The molecule has 1 unspecified atom stereocenters. The molecule has 11 heteroatoms. The zero-order valence-electron chi connectivity index (χ0n) is 24.7. The highest BCUT2D eigenvalue weighted by molar-refractivity contribution is 7.22. The molecule has 2 aliphatic rings. The standard InChI is InChI=1S/C31H32N2O4S.C2H2.4H2O/c1-20-14-21(4-5-23(20)17-33-12-2-3-13-33)15-28-27-11-8-25(34)16-29(27)38-30(28)22-6-9-26(10-7-22)36-18-24-19-37-31(35)32-24;1-2;;;;/h4-11,14,16,24,34H,2-3,12-13,15,17-19H2,1H3,(H,32,35);1-2H;4*1H2. The summed E-state index contributed by atoms with van der Waals surface area (Å²) in [5, 5.41) is 14.0. The van der Waals surface area contributed by atoms with Gasteiger partial charge >= 0.3 is 6.09 Å². The van der Waals surface area contributed by atoms with Crippen LogP contribution in [0.3, 0.4) is 0 Å². The lowest BCUT2D eigenvalue weighted by Gasteiger charge is -2.17.